The molecule has 1 aromatic carbocycles. The zero-order valence-corrected chi connectivity index (χ0v) is 11.7. The number of pyridine rings is 1. The van der Waals surface area contributed by atoms with Crippen molar-refractivity contribution in [1.29, 1.82) is 0 Å². The molecular formula is C16H14N2O3. The third kappa shape index (κ3) is 2.23. The van der Waals surface area contributed by atoms with Gasteiger partial charge in [0, 0.05) is 35.9 Å². The average Bonchev–Trinajstić information content (AvgIpc) is 2.84. The van der Waals surface area contributed by atoms with Crippen LogP contribution in [0.15, 0.2) is 42.7 Å². The van der Waals surface area contributed by atoms with Crippen molar-refractivity contribution < 1.29 is 14.6 Å². The number of ether oxygens (including phenoxy) is 1. The Morgan fingerprint density at radius 2 is 2.10 bits per heavy atom. The van der Waals surface area contributed by atoms with Crippen LogP contribution in [-0.4, -0.2) is 27.7 Å². The summed E-state index contributed by atoms with van der Waals surface area (Å²) >= 11 is 0. The molecule has 0 aliphatic heterocycles. The standard InChI is InChI=1S/C16H14N2O3/c1-18-9-13(12-7-11(21-2)4-6-15(12)18)14-5-3-10(8-17-14)16(19)20/h3-9H,1-2H3,(H,19,20). The summed E-state index contributed by atoms with van der Waals surface area (Å²) in [6.07, 6.45) is 3.35. The Bertz CT molecular complexity index is 819. The van der Waals surface area contributed by atoms with E-state index >= 15 is 0 Å². The molecule has 0 atom stereocenters. The van der Waals surface area contributed by atoms with Gasteiger partial charge in [-0.25, -0.2) is 4.79 Å². The second kappa shape index (κ2) is 4.94. The number of carboxylic acid groups (broad SMARTS) is 1. The van der Waals surface area contributed by atoms with Gasteiger partial charge in [0.25, 0.3) is 0 Å². The summed E-state index contributed by atoms with van der Waals surface area (Å²) < 4.78 is 7.28. The Morgan fingerprint density at radius 3 is 2.71 bits per heavy atom. The molecule has 3 aromatic rings. The van der Waals surface area contributed by atoms with Crippen molar-refractivity contribution >= 4 is 16.9 Å². The maximum atomic E-state index is 10.9. The van der Waals surface area contributed by atoms with Gasteiger partial charge in [0.1, 0.15) is 5.75 Å². The molecular weight excluding hydrogens is 268 g/mol. The number of aromatic carboxylic acids is 1. The minimum Gasteiger partial charge on any atom is -0.497 e. The van der Waals surface area contributed by atoms with Gasteiger partial charge in [0.15, 0.2) is 0 Å². The molecule has 0 spiro atoms. The van der Waals surface area contributed by atoms with Crippen LogP contribution in [0.3, 0.4) is 0 Å². The first-order chi connectivity index (χ1) is 10.1. The number of carbonyl (C=O) groups is 1. The lowest BCUT2D eigenvalue weighted by Gasteiger charge is -2.02. The molecule has 0 amide bonds. The summed E-state index contributed by atoms with van der Waals surface area (Å²) in [6.45, 7) is 0. The molecule has 0 radical (unpaired) electrons. The lowest BCUT2D eigenvalue weighted by molar-refractivity contribution is 0.0696. The number of aryl methyl sites for hydroxylation is 1. The van der Waals surface area contributed by atoms with Gasteiger partial charge >= 0.3 is 5.97 Å². The SMILES string of the molecule is COc1ccc2c(c1)c(-c1ccc(C(=O)O)cn1)cn2C. The first-order valence-corrected chi connectivity index (χ1v) is 6.43. The van der Waals surface area contributed by atoms with E-state index < -0.39 is 5.97 Å². The Kier molecular flexibility index (Phi) is 3.10. The van der Waals surface area contributed by atoms with E-state index in [0.717, 1.165) is 27.9 Å². The van der Waals surface area contributed by atoms with Crippen LogP contribution in [0.4, 0.5) is 0 Å². The van der Waals surface area contributed by atoms with Crippen molar-refractivity contribution in [1.82, 2.24) is 9.55 Å². The fraction of sp³-hybridized carbons (Fsp3) is 0.125. The number of benzene rings is 1. The normalized spacial score (nSPS) is 10.8. The van der Waals surface area contributed by atoms with E-state index in [0.29, 0.717) is 0 Å². The number of fused-ring (bicyclic) bond motifs is 1. The predicted octanol–water partition coefficient (Wildman–Crippen LogP) is 2.95. The zero-order chi connectivity index (χ0) is 15.0. The van der Waals surface area contributed by atoms with Crippen molar-refractivity contribution in [2.45, 2.75) is 0 Å². The Morgan fingerprint density at radius 1 is 1.29 bits per heavy atom. The van der Waals surface area contributed by atoms with Gasteiger partial charge in [-0.2, -0.15) is 0 Å². The van der Waals surface area contributed by atoms with E-state index in [9.17, 15) is 4.79 Å². The Balaban J connectivity index is 2.17. The van der Waals surface area contributed by atoms with Gasteiger partial charge < -0.3 is 14.4 Å². The molecule has 0 saturated heterocycles. The molecule has 5 nitrogen and oxygen atoms in total. The number of hydrogen-bond acceptors (Lipinski definition) is 3. The van der Waals surface area contributed by atoms with Gasteiger partial charge in [-0.3, -0.25) is 4.98 Å². The minimum atomic E-state index is -0.978. The first kappa shape index (κ1) is 13.2. The van der Waals surface area contributed by atoms with E-state index in [-0.39, 0.29) is 5.56 Å². The van der Waals surface area contributed by atoms with Crippen LogP contribution < -0.4 is 4.74 Å². The monoisotopic (exact) mass is 282 g/mol. The van der Waals surface area contributed by atoms with Crippen molar-refractivity contribution in [3.8, 4) is 17.0 Å². The highest BCUT2D eigenvalue weighted by Crippen LogP contribution is 2.31. The molecule has 3 rings (SSSR count). The maximum Gasteiger partial charge on any atom is 0.337 e. The van der Waals surface area contributed by atoms with Crippen molar-refractivity contribution in [3.05, 3.63) is 48.3 Å². The summed E-state index contributed by atoms with van der Waals surface area (Å²) in [4.78, 5) is 15.1. The lowest BCUT2D eigenvalue weighted by Crippen LogP contribution is -1.96. The molecule has 0 bridgehead atoms. The molecule has 0 aliphatic rings. The predicted molar refractivity (Wildman–Crippen MR) is 79.7 cm³/mol. The summed E-state index contributed by atoms with van der Waals surface area (Å²) in [5.74, 6) is -0.203. The second-order valence-corrected chi connectivity index (χ2v) is 4.77. The van der Waals surface area contributed by atoms with Crippen LogP contribution in [0.5, 0.6) is 5.75 Å². The summed E-state index contributed by atoms with van der Waals surface area (Å²) in [5, 5.41) is 9.95. The van der Waals surface area contributed by atoms with Gasteiger partial charge in [0.05, 0.1) is 18.4 Å². The molecule has 1 N–H and O–H groups in total. The van der Waals surface area contributed by atoms with Crippen molar-refractivity contribution in [2.24, 2.45) is 7.05 Å². The molecule has 21 heavy (non-hydrogen) atoms. The highest BCUT2D eigenvalue weighted by molar-refractivity contribution is 5.96. The van der Waals surface area contributed by atoms with Crippen molar-refractivity contribution in [2.75, 3.05) is 7.11 Å². The highest BCUT2D eigenvalue weighted by atomic mass is 16.5. The molecule has 2 aromatic heterocycles. The number of carboxylic acids is 1. The van der Waals surface area contributed by atoms with E-state index in [1.165, 1.54) is 6.20 Å². The number of rotatable bonds is 3. The third-order valence-corrected chi connectivity index (χ3v) is 3.48. The number of methoxy groups -OCH3 is 1. The lowest BCUT2D eigenvalue weighted by atomic mass is 10.1. The van der Waals surface area contributed by atoms with Gasteiger partial charge in [-0.15, -0.1) is 0 Å². The second-order valence-electron chi connectivity index (χ2n) is 4.77. The molecule has 0 fully saturated rings. The van der Waals surface area contributed by atoms with Gasteiger partial charge in [0.2, 0.25) is 0 Å². The molecule has 0 saturated carbocycles. The zero-order valence-electron chi connectivity index (χ0n) is 11.7. The minimum absolute atomic E-state index is 0.177. The topological polar surface area (TPSA) is 64.3 Å². The smallest absolute Gasteiger partial charge is 0.337 e. The quantitative estimate of drug-likeness (QED) is 0.802. The van der Waals surface area contributed by atoms with Crippen LogP contribution in [0, 0.1) is 0 Å². The molecule has 2 heterocycles. The summed E-state index contributed by atoms with van der Waals surface area (Å²) in [5.41, 5.74) is 2.92. The van der Waals surface area contributed by atoms with E-state index in [2.05, 4.69) is 4.98 Å². The highest BCUT2D eigenvalue weighted by Gasteiger charge is 2.11. The van der Waals surface area contributed by atoms with E-state index in [1.807, 2.05) is 36.0 Å². The van der Waals surface area contributed by atoms with Crippen LogP contribution in [-0.2, 0) is 7.05 Å². The van der Waals surface area contributed by atoms with E-state index in [1.54, 1.807) is 19.2 Å². The van der Waals surface area contributed by atoms with Crippen LogP contribution in [0.25, 0.3) is 22.2 Å². The number of nitrogens with zero attached hydrogens (tertiary/aromatic N) is 2. The summed E-state index contributed by atoms with van der Waals surface area (Å²) in [7, 11) is 3.59. The van der Waals surface area contributed by atoms with Gasteiger partial charge in [-0.1, -0.05) is 0 Å². The fourth-order valence-corrected chi connectivity index (χ4v) is 2.38. The fourth-order valence-electron chi connectivity index (χ4n) is 2.38. The first-order valence-electron chi connectivity index (χ1n) is 6.43. The number of hydrogen-bond donors (Lipinski definition) is 1. The van der Waals surface area contributed by atoms with Crippen molar-refractivity contribution in [3.63, 3.8) is 0 Å². The Labute approximate surface area is 121 Å². The van der Waals surface area contributed by atoms with Crippen LogP contribution in [0.1, 0.15) is 10.4 Å². The van der Waals surface area contributed by atoms with Crippen LogP contribution in [0.2, 0.25) is 0 Å². The average molecular weight is 282 g/mol. The summed E-state index contributed by atoms with van der Waals surface area (Å²) in [6, 6.07) is 9.13. The largest absolute Gasteiger partial charge is 0.497 e. The van der Waals surface area contributed by atoms with Crippen LogP contribution >= 0.6 is 0 Å². The number of aromatic nitrogens is 2. The van der Waals surface area contributed by atoms with E-state index in [4.69, 9.17) is 9.84 Å². The molecule has 5 heteroatoms. The third-order valence-electron chi connectivity index (χ3n) is 3.48. The maximum absolute atomic E-state index is 10.9. The Hall–Kier alpha value is -2.82. The van der Waals surface area contributed by atoms with Gasteiger partial charge in [-0.05, 0) is 30.3 Å². The molecule has 0 unspecified atom stereocenters. The molecule has 0 aliphatic carbocycles. The molecule has 106 valence electrons.